The van der Waals surface area contributed by atoms with Crippen molar-refractivity contribution in [2.75, 3.05) is 13.1 Å². The Labute approximate surface area is 146 Å². The van der Waals surface area contributed by atoms with E-state index in [4.69, 9.17) is 5.73 Å². The largest absolute Gasteiger partial charge is 0.340 e. The predicted molar refractivity (Wildman–Crippen MR) is 97.1 cm³/mol. The highest BCUT2D eigenvalue weighted by atomic mass is 35.5. The summed E-state index contributed by atoms with van der Waals surface area (Å²) in [5.41, 5.74) is 8.26. The molecule has 0 spiro atoms. The van der Waals surface area contributed by atoms with E-state index >= 15 is 0 Å². The van der Waals surface area contributed by atoms with Gasteiger partial charge in [-0.25, -0.2) is 0 Å². The number of hydrogen-bond donors (Lipinski definition) is 1. The molecule has 2 N–H and O–H groups in total. The number of carbonyl (C=O) groups is 1. The Morgan fingerprint density at radius 1 is 1.22 bits per heavy atom. The van der Waals surface area contributed by atoms with Crippen LogP contribution in [0.1, 0.15) is 63.0 Å². The Balaban J connectivity index is 0.00000192. The molecule has 2 fully saturated rings. The fourth-order valence-corrected chi connectivity index (χ4v) is 4.07. The maximum Gasteiger partial charge on any atom is 0.233 e. The quantitative estimate of drug-likeness (QED) is 0.916. The maximum atomic E-state index is 13.2. The molecule has 4 heteroatoms. The second-order valence-electron chi connectivity index (χ2n) is 7.37. The van der Waals surface area contributed by atoms with Crippen LogP contribution in [0, 0.1) is 0 Å². The number of amides is 1. The molecule has 1 aliphatic heterocycles. The predicted octanol–water partition coefficient (Wildman–Crippen LogP) is 3.60. The normalized spacial score (nSPS) is 23.1. The van der Waals surface area contributed by atoms with Gasteiger partial charge in [-0.05, 0) is 36.3 Å². The first-order valence-corrected chi connectivity index (χ1v) is 8.68. The molecule has 1 heterocycles. The van der Waals surface area contributed by atoms with Gasteiger partial charge in [0.25, 0.3) is 0 Å². The first kappa shape index (κ1) is 18.3. The summed E-state index contributed by atoms with van der Waals surface area (Å²) < 4.78 is 0. The second kappa shape index (κ2) is 7.23. The lowest BCUT2D eigenvalue weighted by atomic mass is 9.77. The van der Waals surface area contributed by atoms with E-state index in [0.29, 0.717) is 11.8 Å². The molecule has 23 heavy (non-hydrogen) atoms. The van der Waals surface area contributed by atoms with E-state index in [1.807, 2.05) is 4.90 Å². The molecule has 128 valence electrons. The Kier molecular flexibility index (Phi) is 5.74. The summed E-state index contributed by atoms with van der Waals surface area (Å²) in [7, 11) is 0. The molecular weight excluding hydrogens is 308 g/mol. The van der Waals surface area contributed by atoms with Crippen LogP contribution < -0.4 is 5.73 Å². The van der Waals surface area contributed by atoms with Crippen molar-refractivity contribution in [3.05, 3.63) is 35.4 Å². The van der Waals surface area contributed by atoms with Gasteiger partial charge in [0.05, 0.1) is 5.41 Å². The molecule has 1 atom stereocenters. The summed E-state index contributed by atoms with van der Waals surface area (Å²) in [5.74, 6) is 0.844. The van der Waals surface area contributed by atoms with E-state index in [1.165, 1.54) is 11.1 Å². The lowest BCUT2D eigenvalue weighted by molar-refractivity contribution is -0.136. The molecule has 1 amide bonds. The smallest absolute Gasteiger partial charge is 0.233 e. The minimum atomic E-state index is -0.292. The van der Waals surface area contributed by atoms with Crippen LogP contribution in [-0.4, -0.2) is 29.9 Å². The number of carbonyl (C=O) groups excluding carboxylic acids is 1. The van der Waals surface area contributed by atoms with Crippen LogP contribution in [-0.2, 0) is 10.2 Å². The van der Waals surface area contributed by atoms with Gasteiger partial charge >= 0.3 is 0 Å². The van der Waals surface area contributed by atoms with Crippen LogP contribution in [0.2, 0.25) is 0 Å². The van der Waals surface area contributed by atoms with Crippen molar-refractivity contribution in [2.24, 2.45) is 5.73 Å². The summed E-state index contributed by atoms with van der Waals surface area (Å²) in [6.45, 7) is 5.96. The molecule has 3 nitrogen and oxygen atoms in total. The molecule has 1 saturated carbocycles. The fourth-order valence-electron chi connectivity index (χ4n) is 4.07. The van der Waals surface area contributed by atoms with E-state index in [0.717, 1.165) is 45.2 Å². The Morgan fingerprint density at radius 2 is 1.83 bits per heavy atom. The van der Waals surface area contributed by atoms with Gasteiger partial charge in [0, 0.05) is 19.1 Å². The summed E-state index contributed by atoms with van der Waals surface area (Å²) in [4.78, 5) is 15.2. The maximum absolute atomic E-state index is 13.2. The minimum absolute atomic E-state index is 0. The van der Waals surface area contributed by atoms with E-state index in [2.05, 4.69) is 38.1 Å². The Hall–Kier alpha value is -1.06. The van der Waals surface area contributed by atoms with Gasteiger partial charge in [-0.15, -0.1) is 12.4 Å². The van der Waals surface area contributed by atoms with E-state index in [1.54, 1.807) is 0 Å². The fraction of sp³-hybridized carbons (Fsp3) is 0.632. The molecule has 0 radical (unpaired) electrons. The molecule has 2 aliphatic rings. The molecule has 1 aromatic carbocycles. The zero-order valence-electron chi connectivity index (χ0n) is 14.3. The van der Waals surface area contributed by atoms with E-state index in [-0.39, 0.29) is 23.9 Å². The number of rotatable bonds is 3. The molecule has 1 saturated heterocycles. The van der Waals surface area contributed by atoms with Gasteiger partial charge in [0.2, 0.25) is 5.91 Å². The monoisotopic (exact) mass is 336 g/mol. The van der Waals surface area contributed by atoms with Crippen molar-refractivity contribution in [3.8, 4) is 0 Å². The molecule has 0 aromatic heterocycles. The topological polar surface area (TPSA) is 46.3 Å². The van der Waals surface area contributed by atoms with Crippen LogP contribution in [0.15, 0.2) is 24.3 Å². The van der Waals surface area contributed by atoms with Crippen molar-refractivity contribution in [1.82, 2.24) is 4.90 Å². The first-order valence-electron chi connectivity index (χ1n) is 8.68. The second-order valence-corrected chi connectivity index (χ2v) is 7.37. The van der Waals surface area contributed by atoms with Gasteiger partial charge in [-0.3, -0.25) is 4.79 Å². The van der Waals surface area contributed by atoms with Gasteiger partial charge in [-0.1, -0.05) is 51.0 Å². The first-order chi connectivity index (χ1) is 10.5. The highest BCUT2D eigenvalue weighted by Gasteiger charge is 2.45. The van der Waals surface area contributed by atoms with Crippen LogP contribution in [0.4, 0.5) is 0 Å². The van der Waals surface area contributed by atoms with Crippen LogP contribution in [0.25, 0.3) is 0 Å². The van der Waals surface area contributed by atoms with Crippen LogP contribution in [0.3, 0.4) is 0 Å². The molecule has 1 aliphatic carbocycles. The van der Waals surface area contributed by atoms with Crippen molar-refractivity contribution >= 4 is 18.3 Å². The minimum Gasteiger partial charge on any atom is -0.340 e. The van der Waals surface area contributed by atoms with Crippen molar-refractivity contribution in [2.45, 2.75) is 63.3 Å². The van der Waals surface area contributed by atoms with Gasteiger partial charge in [0.1, 0.15) is 0 Å². The standard InChI is InChI=1S/C19H28N2O.ClH/c1-14(2)15-5-7-16(8-6-15)19(10-3-4-11-19)18(22)21-12-9-17(20)13-21;/h5-8,14,17H,3-4,9-13,20H2,1-2H3;1H. The molecule has 1 aromatic rings. The third-order valence-electron chi connectivity index (χ3n) is 5.51. The average molecular weight is 337 g/mol. The molecule has 0 bridgehead atoms. The highest BCUT2D eigenvalue weighted by Crippen LogP contribution is 2.43. The Morgan fingerprint density at radius 3 is 2.30 bits per heavy atom. The number of nitrogens with two attached hydrogens (primary N) is 1. The number of likely N-dealkylation sites (tertiary alicyclic amines) is 1. The van der Waals surface area contributed by atoms with E-state index in [9.17, 15) is 4.79 Å². The summed E-state index contributed by atoms with van der Waals surface area (Å²) >= 11 is 0. The van der Waals surface area contributed by atoms with Crippen molar-refractivity contribution < 1.29 is 4.79 Å². The number of halogens is 1. The highest BCUT2D eigenvalue weighted by molar-refractivity contribution is 5.89. The number of nitrogens with zero attached hydrogens (tertiary/aromatic N) is 1. The van der Waals surface area contributed by atoms with Gasteiger partial charge in [0.15, 0.2) is 0 Å². The van der Waals surface area contributed by atoms with Gasteiger partial charge < -0.3 is 10.6 Å². The Bertz CT molecular complexity index is 535. The SMILES string of the molecule is CC(C)c1ccc(C2(C(=O)N3CCC(N)C3)CCCC2)cc1.Cl. The summed E-state index contributed by atoms with van der Waals surface area (Å²) in [5, 5.41) is 0. The van der Waals surface area contributed by atoms with Crippen molar-refractivity contribution in [1.29, 1.82) is 0 Å². The lowest BCUT2D eigenvalue weighted by Crippen LogP contribution is -2.45. The third kappa shape index (κ3) is 3.41. The zero-order valence-corrected chi connectivity index (χ0v) is 15.1. The molecular formula is C19H29ClN2O. The third-order valence-corrected chi connectivity index (χ3v) is 5.51. The van der Waals surface area contributed by atoms with E-state index < -0.39 is 0 Å². The number of benzene rings is 1. The lowest BCUT2D eigenvalue weighted by Gasteiger charge is -2.33. The molecule has 3 rings (SSSR count). The summed E-state index contributed by atoms with van der Waals surface area (Å²) in [6, 6.07) is 8.93. The summed E-state index contributed by atoms with van der Waals surface area (Å²) in [6.07, 6.45) is 5.21. The molecule has 1 unspecified atom stereocenters. The van der Waals surface area contributed by atoms with Crippen LogP contribution >= 0.6 is 12.4 Å². The van der Waals surface area contributed by atoms with Crippen LogP contribution in [0.5, 0.6) is 0 Å². The average Bonchev–Trinajstić information content (AvgIpc) is 3.16. The number of hydrogen-bond acceptors (Lipinski definition) is 2. The van der Waals surface area contributed by atoms with Gasteiger partial charge in [-0.2, -0.15) is 0 Å². The van der Waals surface area contributed by atoms with Crippen molar-refractivity contribution in [3.63, 3.8) is 0 Å². The zero-order chi connectivity index (χ0) is 15.7.